The fraction of sp³-hybridized carbons (Fsp3) is 1.00. The first-order chi connectivity index (χ1) is 5.15. The predicted octanol–water partition coefficient (Wildman–Crippen LogP) is 0.934. The molecule has 0 spiro atoms. The van der Waals surface area contributed by atoms with E-state index in [0.29, 0.717) is 12.1 Å². The van der Waals surface area contributed by atoms with Crippen LogP contribution in [0.25, 0.3) is 0 Å². The van der Waals surface area contributed by atoms with E-state index in [1.165, 1.54) is 13.1 Å². The molecule has 1 heterocycles. The van der Waals surface area contributed by atoms with Crippen LogP contribution in [0.5, 0.6) is 0 Å². The first-order valence-corrected chi connectivity index (χ1v) is 4.56. The molecule has 0 amide bonds. The lowest BCUT2D eigenvalue weighted by Gasteiger charge is -2.19. The second-order valence-electron chi connectivity index (χ2n) is 3.92. The van der Waals surface area contributed by atoms with Crippen molar-refractivity contribution in [2.75, 3.05) is 20.1 Å². The lowest BCUT2D eigenvalue weighted by Crippen LogP contribution is -2.34. The highest BCUT2D eigenvalue weighted by molar-refractivity contribution is 4.86. The van der Waals surface area contributed by atoms with Gasteiger partial charge in [0.25, 0.3) is 0 Å². The van der Waals surface area contributed by atoms with Gasteiger partial charge in [0.15, 0.2) is 0 Å². The maximum Gasteiger partial charge on any atom is 0.0229 e. The van der Waals surface area contributed by atoms with Gasteiger partial charge >= 0.3 is 0 Å². The quantitative estimate of drug-likeness (QED) is 0.640. The molecule has 1 saturated heterocycles. The molecule has 0 bridgehead atoms. The van der Waals surface area contributed by atoms with E-state index >= 15 is 0 Å². The molecule has 2 atom stereocenters. The second kappa shape index (κ2) is 3.55. The molecule has 0 aromatic heterocycles. The van der Waals surface area contributed by atoms with Crippen LogP contribution in [-0.4, -0.2) is 37.1 Å². The summed E-state index contributed by atoms with van der Waals surface area (Å²) in [4.78, 5) is 2.53. The number of nitrogens with zero attached hydrogens (tertiary/aromatic N) is 1. The molecule has 0 unspecified atom stereocenters. The number of rotatable bonds is 2. The van der Waals surface area contributed by atoms with E-state index in [9.17, 15) is 0 Å². The first-order valence-electron chi connectivity index (χ1n) is 4.56. The van der Waals surface area contributed by atoms with Gasteiger partial charge in [0.1, 0.15) is 0 Å². The molecule has 1 N–H and O–H groups in total. The summed E-state index contributed by atoms with van der Waals surface area (Å²) in [7, 11) is 2.06. The Morgan fingerprint density at radius 3 is 2.27 bits per heavy atom. The Hall–Kier alpha value is -0.0800. The van der Waals surface area contributed by atoms with Gasteiger partial charge in [0, 0.05) is 25.2 Å². The molecule has 1 aliphatic heterocycles. The Labute approximate surface area is 70.0 Å². The smallest absolute Gasteiger partial charge is 0.0229 e. The third-order valence-electron chi connectivity index (χ3n) is 2.74. The first kappa shape index (κ1) is 9.01. The van der Waals surface area contributed by atoms with Gasteiger partial charge < -0.3 is 5.32 Å². The van der Waals surface area contributed by atoms with Gasteiger partial charge in [-0.15, -0.1) is 0 Å². The van der Waals surface area contributed by atoms with Gasteiger partial charge in [-0.25, -0.2) is 0 Å². The highest BCUT2D eigenvalue weighted by Gasteiger charge is 2.29. The average Bonchev–Trinajstić information content (AvgIpc) is 2.31. The van der Waals surface area contributed by atoms with Crippen LogP contribution in [0.3, 0.4) is 0 Å². The van der Waals surface area contributed by atoms with Crippen molar-refractivity contribution in [3.05, 3.63) is 0 Å². The number of likely N-dealkylation sites (N-methyl/N-ethyl adjacent to an activating group) is 1. The third-order valence-corrected chi connectivity index (χ3v) is 2.74. The van der Waals surface area contributed by atoms with Crippen LogP contribution in [0.1, 0.15) is 20.8 Å². The van der Waals surface area contributed by atoms with Gasteiger partial charge in [-0.05, 0) is 26.8 Å². The topological polar surface area (TPSA) is 15.3 Å². The zero-order chi connectivity index (χ0) is 8.43. The molecule has 2 nitrogen and oxygen atoms in total. The minimum Gasteiger partial charge on any atom is -0.315 e. The molecule has 0 radical (unpaired) electrons. The van der Waals surface area contributed by atoms with Crippen molar-refractivity contribution in [1.29, 1.82) is 0 Å². The van der Waals surface area contributed by atoms with Gasteiger partial charge in [0.2, 0.25) is 0 Å². The van der Waals surface area contributed by atoms with Crippen molar-refractivity contribution in [2.45, 2.75) is 32.9 Å². The summed E-state index contributed by atoms with van der Waals surface area (Å²) in [5, 5.41) is 3.36. The van der Waals surface area contributed by atoms with Crippen LogP contribution in [0.2, 0.25) is 0 Å². The molecular weight excluding hydrogens is 136 g/mol. The van der Waals surface area contributed by atoms with Crippen molar-refractivity contribution < 1.29 is 0 Å². The van der Waals surface area contributed by atoms with Crippen molar-refractivity contribution in [1.82, 2.24) is 10.2 Å². The number of nitrogens with one attached hydrogen (secondary N) is 1. The maximum atomic E-state index is 3.36. The summed E-state index contributed by atoms with van der Waals surface area (Å²) >= 11 is 0. The van der Waals surface area contributed by atoms with Crippen molar-refractivity contribution >= 4 is 0 Å². The van der Waals surface area contributed by atoms with E-state index in [2.05, 4.69) is 38.0 Å². The van der Waals surface area contributed by atoms with E-state index in [4.69, 9.17) is 0 Å². The number of hydrogen-bond donors (Lipinski definition) is 1. The van der Waals surface area contributed by atoms with E-state index in [1.54, 1.807) is 0 Å². The number of likely N-dealkylation sites (tertiary alicyclic amines) is 1. The van der Waals surface area contributed by atoms with Crippen LogP contribution in [0, 0.1) is 5.92 Å². The Kier molecular flexibility index (Phi) is 2.90. The maximum absolute atomic E-state index is 3.36. The third kappa shape index (κ3) is 1.94. The van der Waals surface area contributed by atoms with Gasteiger partial charge in [-0.3, -0.25) is 4.90 Å². The summed E-state index contributed by atoms with van der Waals surface area (Å²) in [5.74, 6) is 0.808. The fourth-order valence-corrected chi connectivity index (χ4v) is 1.80. The summed E-state index contributed by atoms with van der Waals surface area (Å²) < 4.78 is 0. The molecule has 11 heavy (non-hydrogen) atoms. The monoisotopic (exact) mass is 156 g/mol. The normalized spacial score (nSPS) is 33.5. The molecule has 0 saturated carbocycles. The van der Waals surface area contributed by atoms with Crippen molar-refractivity contribution in [2.24, 2.45) is 5.92 Å². The Balaban J connectivity index is 2.43. The Morgan fingerprint density at radius 2 is 2.00 bits per heavy atom. The molecule has 0 aromatic rings. The summed E-state index contributed by atoms with van der Waals surface area (Å²) in [6.07, 6.45) is 0. The zero-order valence-electron chi connectivity index (χ0n) is 8.09. The van der Waals surface area contributed by atoms with Gasteiger partial charge in [-0.1, -0.05) is 6.92 Å². The molecule has 0 aliphatic carbocycles. The van der Waals surface area contributed by atoms with Crippen molar-refractivity contribution in [3.63, 3.8) is 0 Å². The minimum atomic E-state index is 0.704. The molecule has 1 fully saturated rings. The van der Waals surface area contributed by atoms with Gasteiger partial charge in [-0.2, -0.15) is 0 Å². The van der Waals surface area contributed by atoms with E-state index in [0.717, 1.165) is 5.92 Å². The minimum absolute atomic E-state index is 0.704. The van der Waals surface area contributed by atoms with Crippen LogP contribution < -0.4 is 5.32 Å². The highest BCUT2D eigenvalue weighted by atomic mass is 15.2. The Bertz CT molecular complexity index is 123. The number of hydrogen-bond acceptors (Lipinski definition) is 2. The molecule has 2 heteroatoms. The highest BCUT2D eigenvalue weighted by Crippen LogP contribution is 2.17. The molecule has 1 rings (SSSR count). The van der Waals surface area contributed by atoms with Crippen molar-refractivity contribution in [3.8, 4) is 0 Å². The largest absolute Gasteiger partial charge is 0.315 e. The second-order valence-corrected chi connectivity index (χ2v) is 3.92. The van der Waals surface area contributed by atoms with Crippen LogP contribution in [0.4, 0.5) is 0 Å². The van der Waals surface area contributed by atoms with E-state index < -0.39 is 0 Å². The standard InChI is InChI=1S/C9H20N2/c1-7(2)11-5-8(3)9(6-11)10-4/h7-10H,5-6H2,1-4H3/t8-,9-/m1/s1. The molecule has 66 valence electrons. The molecular formula is C9H20N2. The van der Waals surface area contributed by atoms with Gasteiger partial charge in [0.05, 0.1) is 0 Å². The SMILES string of the molecule is CN[C@@H]1CN(C(C)C)C[C@H]1C. The molecule has 1 aliphatic rings. The average molecular weight is 156 g/mol. The van der Waals surface area contributed by atoms with E-state index in [1.807, 2.05) is 0 Å². The fourth-order valence-electron chi connectivity index (χ4n) is 1.80. The molecule has 0 aromatic carbocycles. The predicted molar refractivity (Wildman–Crippen MR) is 48.7 cm³/mol. The van der Waals surface area contributed by atoms with E-state index in [-0.39, 0.29) is 0 Å². The lowest BCUT2D eigenvalue weighted by atomic mass is 10.1. The zero-order valence-corrected chi connectivity index (χ0v) is 8.09. The summed E-state index contributed by atoms with van der Waals surface area (Å²) in [6.45, 7) is 9.33. The summed E-state index contributed by atoms with van der Waals surface area (Å²) in [5.41, 5.74) is 0. The van der Waals surface area contributed by atoms with Crippen LogP contribution >= 0.6 is 0 Å². The van der Waals surface area contributed by atoms with Crippen LogP contribution in [0.15, 0.2) is 0 Å². The lowest BCUT2D eigenvalue weighted by molar-refractivity contribution is 0.265. The summed E-state index contributed by atoms with van der Waals surface area (Å²) in [6, 6.07) is 1.41. The van der Waals surface area contributed by atoms with Crippen LogP contribution in [-0.2, 0) is 0 Å². The Morgan fingerprint density at radius 1 is 1.36 bits per heavy atom.